The first-order valence-corrected chi connectivity index (χ1v) is 6.57. The van der Waals surface area contributed by atoms with E-state index >= 15 is 0 Å². The van der Waals surface area contributed by atoms with Gasteiger partial charge in [0.1, 0.15) is 5.82 Å². The van der Waals surface area contributed by atoms with Crippen molar-refractivity contribution in [3.8, 4) is 0 Å². The van der Waals surface area contributed by atoms with Gasteiger partial charge in [0.25, 0.3) is 0 Å². The summed E-state index contributed by atoms with van der Waals surface area (Å²) in [5, 5.41) is 2.74. The van der Waals surface area contributed by atoms with Crippen LogP contribution >= 0.6 is 0 Å². The Hall–Kier alpha value is -2.23. The van der Waals surface area contributed by atoms with Crippen molar-refractivity contribution in [1.29, 1.82) is 0 Å². The Morgan fingerprint density at radius 1 is 1.30 bits per heavy atom. The van der Waals surface area contributed by atoms with Crippen molar-refractivity contribution in [2.45, 2.75) is 25.8 Å². The van der Waals surface area contributed by atoms with Gasteiger partial charge in [-0.1, -0.05) is 31.2 Å². The van der Waals surface area contributed by atoms with Crippen LogP contribution in [0, 0.1) is 5.82 Å². The smallest absolute Gasteiger partial charge is 0.220 e. The molecular formula is C16H17FN2O. The molecule has 4 heteroatoms. The van der Waals surface area contributed by atoms with E-state index in [-0.39, 0.29) is 24.2 Å². The molecule has 0 saturated carbocycles. The van der Waals surface area contributed by atoms with Gasteiger partial charge in [0.05, 0.1) is 0 Å². The molecule has 0 radical (unpaired) electrons. The lowest BCUT2D eigenvalue weighted by molar-refractivity contribution is -0.121. The van der Waals surface area contributed by atoms with Gasteiger partial charge in [-0.25, -0.2) is 4.39 Å². The Morgan fingerprint density at radius 3 is 2.80 bits per heavy atom. The second-order valence-electron chi connectivity index (χ2n) is 4.76. The Morgan fingerprint density at radius 2 is 2.10 bits per heavy atom. The van der Waals surface area contributed by atoms with Crippen molar-refractivity contribution in [2.75, 3.05) is 0 Å². The van der Waals surface area contributed by atoms with E-state index in [0.29, 0.717) is 12.0 Å². The van der Waals surface area contributed by atoms with Gasteiger partial charge in [0, 0.05) is 30.9 Å². The van der Waals surface area contributed by atoms with Crippen LogP contribution in [0.3, 0.4) is 0 Å². The summed E-state index contributed by atoms with van der Waals surface area (Å²) in [7, 11) is 0. The summed E-state index contributed by atoms with van der Waals surface area (Å²) in [5.41, 5.74) is 1.52. The number of nitrogens with one attached hydrogen (secondary N) is 1. The monoisotopic (exact) mass is 272 g/mol. The van der Waals surface area contributed by atoms with E-state index in [1.807, 2.05) is 19.1 Å². The van der Waals surface area contributed by atoms with E-state index in [1.165, 1.54) is 6.07 Å². The maximum atomic E-state index is 13.4. The average Bonchev–Trinajstić information content (AvgIpc) is 2.47. The van der Waals surface area contributed by atoms with Gasteiger partial charge in [0.2, 0.25) is 5.91 Å². The molecule has 2 aromatic rings. The zero-order valence-electron chi connectivity index (χ0n) is 11.3. The maximum absolute atomic E-state index is 13.4. The van der Waals surface area contributed by atoms with Crippen molar-refractivity contribution >= 4 is 5.91 Å². The van der Waals surface area contributed by atoms with Gasteiger partial charge < -0.3 is 5.32 Å². The normalized spacial score (nSPS) is 11.9. The van der Waals surface area contributed by atoms with Crippen LogP contribution in [0.15, 0.2) is 48.8 Å². The lowest BCUT2D eigenvalue weighted by Crippen LogP contribution is -2.24. The third-order valence-corrected chi connectivity index (χ3v) is 3.18. The third-order valence-electron chi connectivity index (χ3n) is 3.18. The number of halogens is 1. The summed E-state index contributed by atoms with van der Waals surface area (Å²) < 4.78 is 13.4. The minimum Gasteiger partial charge on any atom is -0.352 e. The van der Waals surface area contributed by atoms with E-state index in [1.54, 1.807) is 30.6 Å². The number of carbonyl (C=O) groups excluding carboxylic acids is 1. The Balaban J connectivity index is 1.86. The van der Waals surface area contributed by atoms with Gasteiger partial charge in [0.15, 0.2) is 0 Å². The molecular weight excluding hydrogens is 255 g/mol. The molecule has 0 aliphatic heterocycles. The summed E-state index contributed by atoms with van der Waals surface area (Å²) in [6.07, 6.45) is 3.82. The summed E-state index contributed by atoms with van der Waals surface area (Å²) in [6.45, 7) is 2.19. The second kappa shape index (κ2) is 6.80. The van der Waals surface area contributed by atoms with Crippen LogP contribution in [-0.2, 0) is 11.3 Å². The van der Waals surface area contributed by atoms with Crippen LogP contribution in [0.25, 0.3) is 0 Å². The highest BCUT2D eigenvalue weighted by atomic mass is 19.1. The molecule has 1 aromatic carbocycles. The van der Waals surface area contributed by atoms with E-state index in [0.717, 1.165) is 5.56 Å². The molecule has 0 spiro atoms. The summed E-state index contributed by atoms with van der Waals surface area (Å²) >= 11 is 0. The van der Waals surface area contributed by atoms with E-state index < -0.39 is 0 Å². The molecule has 1 aromatic heterocycles. The molecule has 0 aliphatic carbocycles. The predicted octanol–water partition coefficient (Wildman–Crippen LogP) is 3.03. The SMILES string of the molecule is CC(CC(=O)NCc1ccccc1F)c1cccnc1. The zero-order chi connectivity index (χ0) is 14.4. The number of hydrogen-bond acceptors (Lipinski definition) is 2. The summed E-state index contributed by atoms with van der Waals surface area (Å²) in [6, 6.07) is 10.2. The number of amides is 1. The van der Waals surface area contributed by atoms with Gasteiger partial charge >= 0.3 is 0 Å². The van der Waals surface area contributed by atoms with Crippen molar-refractivity contribution in [3.05, 3.63) is 65.7 Å². The summed E-state index contributed by atoms with van der Waals surface area (Å²) in [5.74, 6) is -0.304. The van der Waals surface area contributed by atoms with Crippen LogP contribution in [0.1, 0.15) is 30.4 Å². The molecule has 2 rings (SSSR count). The van der Waals surface area contributed by atoms with Gasteiger partial charge in [-0.15, -0.1) is 0 Å². The first-order valence-electron chi connectivity index (χ1n) is 6.57. The first-order chi connectivity index (χ1) is 9.66. The van der Waals surface area contributed by atoms with Crippen LogP contribution < -0.4 is 5.32 Å². The first kappa shape index (κ1) is 14.2. The van der Waals surface area contributed by atoms with Crippen LogP contribution in [0.2, 0.25) is 0 Å². The van der Waals surface area contributed by atoms with Crippen molar-refractivity contribution in [1.82, 2.24) is 10.3 Å². The standard InChI is InChI=1S/C16H17FN2O/c1-12(13-6-4-8-18-10-13)9-16(20)19-11-14-5-2-3-7-15(14)17/h2-8,10,12H,9,11H2,1H3,(H,19,20). The molecule has 0 bridgehead atoms. The van der Waals surface area contributed by atoms with Crippen LogP contribution in [0.5, 0.6) is 0 Å². The van der Waals surface area contributed by atoms with Crippen molar-refractivity contribution in [2.24, 2.45) is 0 Å². The molecule has 3 nitrogen and oxygen atoms in total. The van der Waals surface area contributed by atoms with Crippen molar-refractivity contribution in [3.63, 3.8) is 0 Å². The third kappa shape index (κ3) is 3.88. The Kier molecular flexibility index (Phi) is 4.82. The number of rotatable bonds is 5. The molecule has 1 N–H and O–H groups in total. The highest BCUT2D eigenvalue weighted by molar-refractivity contribution is 5.76. The topological polar surface area (TPSA) is 42.0 Å². The molecule has 0 fully saturated rings. The Labute approximate surface area is 117 Å². The molecule has 104 valence electrons. The maximum Gasteiger partial charge on any atom is 0.220 e. The van der Waals surface area contributed by atoms with Crippen molar-refractivity contribution < 1.29 is 9.18 Å². The number of aromatic nitrogens is 1. The van der Waals surface area contributed by atoms with Crippen LogP contribution in [-0.4, -0.2) is 10.9 Å². The number of nitrogens with zero attached hydrogens (tertiary/aromatic N) is 1. The fourth-order valence-corrected chi connectivity index (χ4v) is 1.97. The highest BCUT2D eigenvalue weighted by Gasteiger charge is 2.11. The second-order valence-corrected chi connectivity index (χ2v) is 4.76. The van der Waals surface area contributed by atoms with E-state index in [2.05, 4.69) is 10.3 Å². The predicted molar refractivity (Wildman–Crippen MR) is 75.5 cm³/mol. The fourth-order valence-electron chi connectivity index (χ4n) is 1.97. The molecule has 1 atom stereocenters. The number of pyridine rings is 1. The summed E-state index contributed by atoms with van der Waals surface area (Å²) in [4.78, 5) is 15.9. The molecule has 1 heterocycles. The highest BCUT2D eigenvalue weighted by Crippen LogP contribution is 2.17. The molecule has 1 amide bonds. The van der Waals surface area contributed by atoms with E-state index in [4.69, 9.17) is 0 Å². The zero-order valence-corrected chi connectivity index (χ0v) is 11.3. The quantitative estimate of drug-likeness (QED) is 0.909. The minimum absolute atomic E-state index is 0.0873. The van der Waals surface area contributed by atoms with Gasteiger partial charge in [-0.2, -0.15) is 0 Å². The largest absolute Gasteiger partial charge is 0.352 e. The lowest BCUT2D eigenvalue weighted by atomic mass is 9.99. The number of benzene rings is 1. The Bertz CT molecular complexity index is 572. The van der Waals surface area contributed by atoms with E-state index in [9.17, 15) is 9.18 Å². The lowest BCUT2D eigenvalue weighted by Gasteiger charge is -2.11. The molecule has 0 saturated heterocycles. The van der Waals surface area contributed by atoms with Gasteiger partial charge in [-0.05, 0) is 23.6 Å². The fraction of sp³-hybridized carbons (Fsp3) is 0.250. The number of hydrogen-bond donors (Lipinski definition) is 1. The molecule has 20 heavy (non-hydrogen) atoms. The molecule has 0 aliphatic rings. The average molecular weight is 272 g/mol. The van der Waals surface area contributed by atoms with Gasteiger partial charge in [-0.3, -0.25) is 9.78 Å². The molecule has 1 unspecified atom stereocenters. The number of carbonyl (C=O) groups is 1. The minimum atomic E-state index is -0.298. The van der Waals surface area contributed by atoms with Crippen LogP contribution in [0.4, 0.5) is 4.39 Å².